The van der Waals surface area contributed by atoms with Crippen LogP contribution in [-0.4, -0.2) is 25.1 Å². The number of nitrogens with zero attached hydrogens (tertiary/aromatic N) is 1. The number of pyridine rings is 1. The van der Waals surface area contributed by atoms with Gasteiger partial charge in [-0.2, -0.15) is 0 Å². The molecule has 21 heavy (non-hydrogen) atoms. The zero-order valence-electron chi connectivity index (χ0n) is 11.5. The molecule has 0 bridgehead atoms. The van der Waals surface area contributed by atoms with Gasteiger partial charge in [-0.25, -0.2) is 0 Å². The normalized spacial score (nSPS) is 10.0. The number of carbonyl (C=O) groups is 1. The first-order valence-corrected chi connectivity index (χ1v) is 6.37. The average molecular weight is 308 g/mol. The van der Waals surface area contributed by atoms with E-state index in [1.165, 1.54) is 26.5 Å². The van der Waals surface area contributed by atoms with Gasteiger partial charge >= 0.3 is 0 Å². The molecule has 0 aliphatic rings. The number of carbonyl (C=O) groups excluding carboxylic acids is 1. The molecule has 6 nitrogen and oxygen atoms in total. The van der Waals surface area contributed by atoms with Crippen LogP contribution in [0.3, 0.4) is 0 Å². The summed E-state index contributed by atoms with van der Waals surface area (Å²) in [4.78, 5) is 16.1. The van der Waals surface area contributed by atoms with E-state index in [9.17, 15) is 4.79 Å². The molecule has 1 amide bonds. The van der Waals surface area contributed by atoms with Gasteiger partial charge in [0.15, 0.2) is 0 Å². The smallest absolute Gasteiger partial charge is 0.274 e. The Kier molecular flexibility index (Phi) is 4.49. The summed E-state index contributed by atoms with van der Waals surface area (Å²) < 4.78 is 10.3. The molecular weight excluding hydrogens is 294 g/mol. The van der Waals surface area contributed by atoms with Crippen molar-refractivity contribution >= 4 is 28.9 Å². The van der Waals surface area contributed by atoms with Crippen LogP contribution in [0.25, 0.3) is 0 Å². The average Bonchev–Trinajstić information content (AvgIpc) is 2.47. The topological polar surface area (TPSA) is 86.5 Å². The number of nitrogens with two attached hydrogens (primary N) is 1. The van der Waals surface area contributed by atoms with Crippen molar-refractivity contribution in [3.63, 3.8) is 0 Å². The van der Waals surface area contributed by atoms with Crippen molar-refractivity contribution in [1.82, 2.24) is 4.98 Å². The Hall–Kier alpha value is -2.47. The number of anilines is 2. The number of ether oxygens (including phenoxy) is 2. The molecule has 0 saturated carbocycles. The van der Waals surface area contributed by atoms with Crippen molar-refractivity contribution in [3.05, 3.63) is 41.2 Å². The van der Waals surface area contributed by atoms with Crippen LogP contribution in [0.4, 0.5) is 11.4 Å². The van der Waals surface area contributed by atoms with Gasteiger partial charge in [-0.3, -0.25) is 9.78 Å². The maximum atomic E-state index is 12.1. The maximum Gasteiger partial charge on any atom is 0.274 e. The monoisotopic (exact) mass is 307 g/mol. The summed E-state index contributed by atoms with van der Waals surface area (Å²) in [6.45, 7) is 0. The summed E-state index contributed by atoms with van der Waals surface area (Å²) >= 11 is 6.05. The Morgan fingerprint density at radius 1 is 1.24 bits per heavy atom. The second-order valence-corrected chi connectivity index (χ2v) is 4.52. The molecule has 0 aliphatic carbocycles. The lowest BCUT2D eigenvalue weighted by Gasteiger charge is -2.13. The standard InChI is InChI=1S/C14H14ClN3O3/c1-20-12-7-13(21-2)10(6-9(12)15)18-14(19)11-5-8(16)3-4-17-11/h3-7H,1-2H3,(H2,16,17)(H,18,19). The molecule has 2 aromatic rings. The number of benzene rings is 1. The van der Waals surface area contributed by atoms with Crippen LogP contribution in [-0.2, 0) is 0 Å². The maximum absolute atomic E-state index is 12.1. The zero-order chi connectivity index (χ0) is 15.4. The van der Waals surface area contributed by atoms with Crippen molar-refractivity contribution in [1.29, 1.82) is 0 Å². The van der Waals surface area contributed by atoms with Gasteiger partial charge in [-0.15, -0.1) is 0 Å². The van der Waals surface area contributed by atoms with Gasteiger partial charge in [0.1, 0.15) is 17.2 Å². The highest BCUT2D eigenvalue weighted by Crippen LogP contribution is 2.36. The zero-order valence-corrected chi connectivity index (χ0v) is 12.3. The van der Waals surface area contributed by atoms with E-state index >= 15 is 0 Å². The van der Waals surface area contributed by atoms with Crippen LogP contribution in [0.1, 0.15) is 10.5 Å². The Labute approximate surface area is 126 Å². The van der Waals surface area contributed by atoms with Crippen LogP contribution in [0.5, 0.6) is 11.5 Å². The van der Waals surface area contributed by atoms with E-state index in [4.69, 9.17) is 26.8 Å². The minimum Gasteiger partial charge on any atom is -0.495 e. The van der Waals surface area contributed by atoms with Crippen LogP contribution >= 0.6 is 11.6 Å². The Morgan fingerprint density at radius 3 is 2.57 bits per heavy atom. The second kappa shape index (κ2) is 6.32. The number of aromatic nitrogens is 1. The van der Waals surface area contributed by atoms with Crippen LogP contribution in [0.15, 0.2) is 30.5 Å². The van der Waals surface area contributed by atoms with E-state index in [-0.39, 0.29) is 5.69 Å². The first kappa shape index (κ1) is 14.9. The predicted octanol–water partition coefficient (Wildman–Crippen LogP) is 2.59. The van der Waals surface area contributed by atoms with Crippen molar-refractivity contribution in [2.45, 2.75) is 0 Å². The third-order valence-corrected chi connectivity index (χ3v) is 3.03. The van der Waals surface area contributed by atoms with Crippen LogP contribution in [0, 0.1) is 0 Å². The van der Waals surface area contributed by atoms with Gasteiger partial charge in [-0.05, 0) is 18.2 Å². The Balaban J connectivity index is 2.30. The van der Waals surface area contributed by atoms with Gasteiger partial charge < -0.3 is 20.5 Å². The van der Waals surface area contributed by atoms with Gasteiger partial charge in [0.05, 0.1) is 24.9 Å². The molecule has 7 heteroatoms. The molecule has 0 aliphatic heterocycles. The Morgan fingerprint density at radius 2 is 1.95 bits per heavy atom. The van der Waals surface area contributed by atoms with E-state index in [2.05, 4.69) is 10.3 Å². The number of methoxy groups -OCH3 is 2. The fourth-order valence-electron chi connectivity index (χ4n) is 1.72. The fourth-order valence-corrected chi connectivity index (χ4v) is 1.96. The number of nitrogens with one attached hydrogen (secondary N) is 1. The highest BCUT2D eigenvalue weighted by atomic mass is 35.5. The lowest BCUT2D eigenvalue weighted by atomic mass is 10.2. The molecule has 0 saturated heterocycles. The van der Waals surface area contributed by atoms with Gasteiger partial charge in [0.2, 0.25) is 0 Å². The summed E-state index contributed by atoms with van der Waals surface area (Å²) in [6, 6.07) is 6.21. The number of halogens is 1. The van der Waals surface area contributed by atoms with Gasteiger partial charge in [0.25, 0.3) is 5.91 Å². The SMILES string of the molecule is COc1cc(OC)c(NC(=O)c2cc(N)ccn2)cc1Cl. The number of hydrogen-bond donors (Lipinski definition) is 2. The van der Waals surface area contributed by atoms with Crippen LogP contribution < -0.4 is 20.5 Å². The minimum atomic E-state index is -0.415. The van der Waals surface area contributed by atoms with E-state index in [1.807, 2.05) is 0 Å². The third-order valence-electron chi connectivity index (χ3n) is 2.74. The molecule has 3 N–H and O–H groups in total. The van der Waals surface area contributed by atoms with Crippen molar-refractivity contribution < 1.29 is 14.3 Å². The highest BCUT2D eigenvalue weighted by Gasteiger charge is 2.14. The Bertz CT molecular complexity index is 677. The largest absolute Gasteiger partial charge is 0.495 e. The van der Waals surface area contributed by atoms with Gasteiger partial charge in [0, 0.05) is 18.0 Å². The summed E-state index contributed by atoms with van der Waals surface area (Å²) in [5, 5.41) is 3.03. The number of hydrogen-bond acceptors (Lipinski definition) is 5. The summed E-state index contributed by atoms with van der Waals surface area (Å²) in [6.07, 6.45) is 1.46. The lowest BCUT2D eigenvalue weighted by Crippen LogP contribution is -2.14. The van der Waals surface area contributed by atoms with Crippen molar-refractivity contribution in [2.24, 2.45) is 0 Å². The molecule has 0 atom stereocenters. The molecule has 0 unspecified atom stereocenters. The van der Waals surface area contributed by atoms with Gasteiger partial charge in [-0.1, -0.05) is 11.6 Å². The summed E-state index contributed by atoms with van der Waals surface area (Å²) in [5.41, 5.74) is 6.69. The first-order chi connectivity index (χ1) is 10.0. The minimum absolute atomic E-state index is 0.198. The van der Waals surface area contributed by atoms with Crippen molar-refractivity contribution in [2.75, 3.05) is 25.3 Å². The molecule has 1 aromatic carbocycles. The molecule has 1 heterocycles. The first-order valence-electron chi connectivity index (χ1n) is 5.99. The van der Waals surface area contributed by atoms with E-state index in [1.54, 1.807) is 18.2 Å². The summed E-state index contributed by atoms with van der Waals surface area (Å²) in [5.74, 6) is 0.462. The number of nitrogen functional groups attached to an aromatic ring is 1. The van der Waals surface area contributed by atoms with Crippen LogP contribution in [0.2, 0.25) is 5.02 Å². The fraction of sp³-hybridized carbons (Fsp3) is 0.143. The van der Waals surface area contributed by atoms with E-state index in [0.29, 0.717) is 27.9 Å². The molecule has 2 rings (SSSR count). The van der Waals surface area contributed by atoms with E-state index in [0.717, 1.165) is 0 Å². The quantitative estimate of drug-likeness (QED) is 0.906. The number of amides is 1. The number of rotatable bonds is 4. The highest BCUT2D eigenvalue weighted by molar-refractivity contribution is 6.32. The molecule has 1 aromatic heterocycles. The second-order valence-electron chi connectivity index (χ2n) is 4.12. The molecule has 0 radical (unpaired) electrons. The molecular formula is C14H14ClN3O3. The summed E-state index contributed by atoms with van der Waals surface area (Å²) in [7, 11) is 2.98. The molecule has 0 spiro atoms. The molecule has 110 valence electrons. The van der Waals surface area contributed by atoms with Crippen molar-refractivity contribution in [3.8, 4) is 11.5 Å². The predicted molar refractivity (Wildman–Crippen MR) is 81.2 cm³/mol. The molecule has 0 fully saturated rings. The third kappa shape index (κ3) is 3.35. The van der Waals surface area contributed by atoms with E-state index < -0.39 is 5.91 Å². The lowest BCUT2D eigenvalue weighted by molar-refractivity contribution is 0.102.